The third-order valence-corrected chi connectivity index (χ3v) is 6.12. The average Bonchev–Trinajstić information content (AvgIpc) is 2.84. The molecule has 34 heavy (non-hydrogen) atoms. The number of nitrogens with one attached hydrogen (secondary N) is 1. The van der Waals surface area contributed by atoms with Crippen LogP contribution in [0.15, 0.2) is 66.9 Å². The van der Waals surface area contributed by atoms with Crippen molar-refractivity contribution in [1.82, 2.24) is 9.88 Å². The van der Waals surface area contributed by atoms with Crippen molar-refractivity contribution in [3.63, 3.8) is 0 Å². The zero-order chi connectivity index (χ0) is 24.1. The van der Waals surface area contributed by atoms with E-state index < -0.39 is 0 Å². The maximum atomic E-state index is 13.1. The summed E-state index contributed by atoms with van der Waals surface area (Å²) in [5.41, 5.74) is 3.56. The zero-order valence-corrected chi connectivity index (χ0v) is 20.0. The molecule has 2 heterocycles. The molecule has 0 aliphatic carbocycles. The summed E-state index contributed by atoms with van der Waals surface area (Å²) in [6.07, 6.45) is 2.70. The molecule has 0 bridgehead atoms. The molecule has 2 amide bonds. The molecule has 0 saturated carbocycles. The number of carbonyl (C=O) groups excluding carboxylic acids is 2. The van der Waals surface area contributed by atoms with Gasteiger partial charge in [0, 0.05) is 42.2 Å². The van der Waals surface area contributed by atoms with Gasteiger partial charge in [-0.05, 0) is 54.5 Å². The molecule has 1 N–H and O–H groups in total. The van der Waals surface area contributed by atoms with Gasteiger partial charge in [-0.3, -0.25) is 9.59 Å². The molecule has 6 heteroatoms. The molecule has 6 nitrogen and oxygen atoms in total. The average molecular weight is 458 g/mol. The minimum absolute atomic E-state index is 0.00871. The molecule has 1 aliphatic heterocycles. The van der Waals surface area contributed by atoms with Crippen molar-refractivity contribution >= 4 is 17.5 Å². The Hall–Kier alpha value is -3.67. The number of piperidine rings is 1. The van der Waals surface area contributed by atoms with Gasteiger partial charge in [0.1, 0.15) is 6.61 Å². The molecule has 2 aromatic carbocycles. The molecule has 2 atom stereocenters. The predicted octanol–water partition coefficient (Wildman–Crippen LogP) is 5.34. The first-order valence-corrected chi connectivity index (χ1v) is 11.7. The van der Waals surface area contributed by atoms with E-state index in [1.54, 1.807) is 24.4 Å². The minimum Gasteiger partial charge on any atom is -0.473 e. The number of benzene rings is 2. The highest BCUT2D eigenvalue weighted by molar-refractivity contribution is 6.05. The summed E-state index contributed by atoms with van der Waals surface area (Å²) >= 11 is 0. The number of aryl methyl sites for hydroxylation is 1. The summed E-state index contributed by atoms with van der Waals surface area (Å²) in [4.78, 5) is 32.2. The summed E-state index contributed by atoms with van der Waals surface area (Å²) in [5.74, 6) is 1.09. The van der Waals surface area contributed by atoms with Crippen LogP contribution in [-0.2, 0) is 6.61 Å². The largest absolute Gasteiger partial charge is 0.473 e. The molecular weight excluding hydrogens is 426 g/mol. The van der Waals surface area contributed by atoms with E-state index in [1.165, 1.54) is 0 Å². The van der Waals surface area contributed by atoms with Gasteiger partial charge < -0.3 is 15.0 Å². The number of aromatic nitrogens is 1. The summed E-state index contributed by atoms with van der Waals surface area (Å²) in [6, 6.07) is 18.5. The standard InChI is InChI=1S/C28H31N3O3/c1-19-13-20(2)17-31(16-19)28(33)24-10-9-21(3)25(14-24)30-27(32)23-11-12-29-26(15-23)34-18-22-7-5-4-6-8-22/h4-12,14-15,19-20H,13,16-18H2,1-3H3,(H,30,32). The van der Waals surface area contributed by atoms with Crippen LogP contribution in [0.2, 0.25) is 0 Å². The molecule has 3 aromatic rings. The van der Waals surface area contributed by atoms with Gasteiger partial charge in [-0.25, -0.2) is 4.98 Å². The highest BCUT2D eigenvalue weighted by Gasteiger charge is 2.26. The molecule has 4 rings (SSSR count). The van der Waals surface area contributed by atoms with Gasteiger partial charge in [-0.2, -0.15) is 0 Å². The van der Waals surface area contributed by atoms with Gasteiger partial charge >= 0.3 is 0 Å². The fourth-order valence-corrected chi connectivity index (χ4v) is 4.46. The first-order valence-electron chi connectivity index (χ1n) is 11.7. The lowest BCUT2D eigenvalue weighted by molar-refractivity contribution is 0.0623. The first-order chi connectivity index (χ1) is 16.4. The smallest absolute Gasteiger partial charge is 0.255 e. The molecule has 1 fully saturated rings. The Bertz CT molecular complexity index is 1150. The molecule has 1 aromatic heterocycles. The van der Waals surface area contributed by atoms with E-state index in [0.29, 0.717) is 41.1 Å². The van der Waals surface area contributed by atoms with Crippen LogP contribution in [-0.4, -0.2) is 34.8 Å². The number of nitrogens with zero attached hydrogens (tertiary/aromatic N) is 2. The van der Waals surface area contributed by atoms with Crippen molar-refractivity contribution < 1.29 is 14.3 Å². The Kier molecular flexibility index (Phi) is 7.26. The van der Waals surface area contributed by atoms with Gasteiger partial charge in [-0.15, -0.1) is 0 Å². The summed E-state index contributed by atoms with van der Waals surface area (Å²) in [5, 5.41) is 2.95. The molecule has 1 aliphatic rings. The fourth-order valence-electron chi connectivity index (χ4n) is 4.46. The number of anilines is 1. The predicted molar refractivity (Wildman–Crippen MR) is 133 cm³/mol. The Balaban J connectivity index is 1.45. The van der Waals surface area contributed by atoms with Crippen molar-refractivity contribution in [1.29, 1.82) is 0 Å². The summed E-state index contributed by atoms with van der Waals surface area (Å²) < 4.78 is 5.75. The van der Waals surface area contributed by atoms with Crippen molar-refractivity contribution in [2.24, 2.45) is 11.8 Å². The van der Waals surface area contributed by atoms with E-state index in [9.17, 15) is 9.59 Å². The molecule has 2 unspecified atom stereocenters. The van der Waals surface area contributed by atoms with Crippen LogP contribution in [0, 0.1) is 18.8 Å². The van der Waals surface area contributed by atoms with Gasteiger partial charge in [0.15, 0.2) is 0 Å². The van der Waals surface area contributed by atoms with Gasteiger partial charge in [0.2, 0.25) is 5.88 Å². The number of likely N-dealkylation sites (tertiary alicyclic amines) is 1. The SMILES string of the molecule is Cc1ccc(C(=O)N2CC(C)CC(C)C2)cc1NC(=O)c1ccnc(OCc2ccccc2)c1. The van der Waals surface area contributed by atoms with Crippen molar-refractivity contribution in [2.75, 3.05) is 18.4 Å². The van der Waals surface area contributed by atoms with Gasteiger partial charge in [-0.1, -0.05) is 50.2 Å². The minimum atomic E-state index is -0.278. The van der Waals surface area contributed by atoms with Crippen LogP contribution in [0.5, 0.6) is 5.88 Å². The Morgan fingerprint density at radius 1 is 1.00 bits per heavy atom. The Labute approximate surface area is 201 Å². The van der Waals surface area contributed by atoms with Crippen LogP contribution in [0.3, 0.4) is 0 Å². The molecule has 176 valence electrons. The summed E-state index contributed by atoms with van der Waals surface area (Å²) in [7, 11) is 0. The van der Waals surface area contributed by atoms with E-state index in [0.717, 1.165) is 30.6 Å². The highest BCUT2D eigenvalue weighted by Crippen LogP contribution is 2.25. The second-order valence-electron chi connectivity index (χ2n) is 9.30. The quantitative estimate of drug-likeness (QED) is 0.542. The fraction of sp³-hybridized carbons (Fsp3) is 0.321. The van der Waals surface area contributed by atoms with Crippen LogP contribution >= 0.6 is 0 Å². The van der Waals surface area contributed by atoms with E-state index in [2.05, 4.69) is 24.1 Å². The van der Waals surface area contributed by atoms with Crippen LogP contribution in [0.1, 0.15) is 52.1 Å². The number of hydrogen-bond donors (Lipinski definition) is 1. The second-order valence-corrected chi connectivity index (χ2v) is 9.30. The van der Waals surface area contributed by atoms with Crippen LogP contribution in [0.4, 0.5) is 5.69 Å². The maximum Gasteiger partial charge on any atom is 0.255 e. The third-order valence-electron chi connectivity index (χ3n) is 6.12. The van der Waals surface area contributed by atoms with Crippen molar-refractivity contribution in [2.45, 2.75) is 33.8 Å². The normalized spacial score (nSPS) is 17.8. The third kappa shape index (κ3) is 5.81. The number of ether oxygens (including phenoxy) is 1. The first kappa shape index (κ1) is 23.5. The molecule has 0 radical (unpaired) electrons. The van der Waals surface area contributed by atoms with E-state index in [1.807, 2.05) is 54.3 Å². The maximum absolute atomic E-state index is 13.1. The highest BCUT2D eigenvalue weighted by atomic mass is 16.5. The Morgan fingerprint density at radius 3 is 2.47 bits per heavy atom. The van der Waals surface area contributed by atoms with Crippen LogP contribution in [0.25, 0.3) is 0 Å². The van der Waals surface area contributed by atoms with Gasteiger partial charge in [0.05, 0.1) is 0 Å². The van der Waals surface area contributed by atoms with E-state index in [4.69, 9.17) is 4.74 Å². The lowest BCUT2D eigenvalue weighted by atomic mass is 9.91. The van der Waals surface area contributed by atoms with Crippen LogP contribution < -0.4 is 10.1 Å². The van der Waals surface area contributed by atoms with Crippen molar-refractivity contribution in [3.8, 4) is 5.88 Å². The molecule has 1 saturated heterocycles. The number of rotatable bonds is 6. The number of hydrogen-bond acceptors (Lipinski definition) is 4. The summed E-state index contributed by atoms with van der Waals surface area (Å²) in [6.45, 7) is 8.18. The number of pyridine rings is 1. The van der Waals surface area contributed by atoms with Crippen molar-refractivity contribution in [3.05, 3.63) is 89.1 Å². The van der Waals surface area contributed by atoms with Gasteiger partial charge in [0.25, 0.3) is 11.8 Å². The monoisotopic (exact) mass is 457 g/mol. The molecular formula is C28H31N3O3. The number of carbonyl (C=O) groups is 2. The van der Waals surface area contributed by atoms with E-state index >= 15 is 0 Å². The second kappa shape index (κ2) is 10.5. The topological polar surface area (TPSA) is 71.5 Å². The number of amides is 2. The lowest BCUT2D eigenvalue weighted by Gasteiger charge is -2.35. The lowest BCUT2D eigenvalue weighted by Crippen LogP contribution is -2.42. The molecule has 0 spiro atoms. The zero-order valence-electron chi connectivity index (χ0n) is 20.0. The van der Waals surface area contributed by atoms with E-state index in [-0.39, 0.29) is 11.8 Å². The Morgan fingerprint density at radius 2 is 1.74 bits per heavy atom.